The number of piperidine rings is 1. The minimum absolute atomic E-state index is 0.154. The Morgan fingerprint density at radius 1 is 1.00 bits per heavy atom. The number of hydrogen-bond donors (Lipinski definition) is 0. The first kappa shape index (κ1) is 17.5. The smallest absolute Gasteiger partial charge is 0.251 e. The van der Waals surface area contributed by atoms with Crippen LogP contribution in [0.5, 0.6) is 0 Å². The molecular formula is C19H29N5O2. The van der Waals surface area contributed by atoms with Gasteiger partial charge in [-0.05, 0) is 39.0 Å². The highest BCUT2D eigenvalue weighted by molar-refractivity contribution is 5.81. The van der Waals surface area contributed by atoms with Crippen LogP contribution in [0.2, 0.25) is 0 Å². The van der Waals surface area contributed by atoms with Crippen LogP contribution in [-0.4, -0.2) is 72.8 Å². The summed E-state index contributed by atoms with van der Waals surface area (Å²) in [4.78, 5) is 28.5. The van der Waals surface area contributed by atoms with Crippen LogP contribution in [0.25, 0.3) is 0 Å². The maximum Gasteiger partial charge on any atom is 0.251 e. The summed E-state index contributed by atoms with van der Waals surface area (Å²) in [5.41, 5.74) is 1.01. The summed E-state index contributed by atoms with van der Waals surface area (Å²) in [5, 5.41) is 0. The molecule has 1 aromatic heterocycles. The first-order valence-corrected chi connectivity index (χ1v) is 9.97. The molecule has 0 aliphatic carbocycles. The Balaban J connectivity index is 1.40. The van der Waals surface area contributed by atoms with Gasteiger partial charge in [0.2, 0.25) is 5.95 Å². The van der Waals surface area contributed by atoms with Crippen LogP contribution in [0.4, 0.5) is 11.8 Å². The summed E-state index contributed by atoms with van der Waals surface area (Å²) in [7, 11) is 0. The predicted molar refractivity (Wildman–Crippen MR) is 101 cm³/mol. The van der Waals surface area contributed by atoms with E-state index in [0.717, 1.165) is 69.6 Å². The lowest BCUT2D eigenvalue weighted by Gasteiger charge is -2.36. The molecule has 7 heteroatoms. The number of amides is 1. The number of ether oxygens (including phenoxy) is 1. The van der Waals surface area contributed by atoms with E-state index in [1.54, 1.807) is 0 Å². The predicted octanol–water partition coefficient (Wildman–Crippen LogP) is 1.60. The van der Waals surface area contributed by atoms with Crippen molar-refractivity contribution in [2.75, 3.05) is 55.7 Å². The summed E-state index contributed by atoms with van der Waals surface area (Å²) in [6, 6.07) is 2.09. The fourth-order valence-electron chi connectivity index (χ4n) is 4.07. The second kappa shape index (κ2) is 7.78. The van der Waals surface area contributed by atoms with E-state index in [2.05, 4.69) is 20.9 Å². The topological polar surface area (TPSA) is 61.8 Å². The van der Waals surface area contributed by atoms with Gasteiger partial charge in [0.1, 0.15) is 11.9 Å². The van der Waals surface area contributed by atoms with E-state index in [-0.39, 0.29) is 12.0 Å². The van der Waals surface area contributed by atoms with Crippen LogP contribution >= 0.6 is 0 Å². The highest BCUT2D eigenvalue weighted by Crippen LogP contribution is 2.22. The van der Waals surface area contributed by atoms with Gasteiger partial charge in [-0.25, -0.2) is 4.98 Å². The highest BCUT2D eigenvalue weighted by atomic mass is 16.5. The van der Waals surface area contributed by atoms with Gasteiger partial charge in [0.05, 0.1) is 0 Å². The third kappa shape index (κ3) is 3.77. The van der Waals surface area contributed by atoms with Gasteiger partial charge in [-0.15, -0.1) is 0 Å². The van der Waals surface area contributed by atoms with E-state index in [1.807, 2.05) is 11.8 Å². The average Bonchev–Trinajstić information content (AvgIpc) is 3.22. The number of aromatic nitrogens is 2. The molecule has 0 spiro atoms. The van der Waals surface area contributed by atoms with Crippen LogP contribution in [-0.2, 0) is 9.53 Å². The van der Waals surface area contributed by atoms with Crippen LogP contribution in [0.15, 0.2) is 6.07 Å². The minimum Gasteiger partial charge on any atom is -0.368 e. The highest BCUT2D eigenvalue weighted by Gasteiger charge is 2.31. The number of nitrogens with zero attached hydrogens (tertiary/aromatic N) is 5. The van der Waals surface area contributed by atoms with Gasteiger partial charge in [0.15, 0.2) is 0 Å². The van der Waals surface area contributed by atoms with E-state index in [4.69, 9.17) is 9.72 Å². The zero-order chi connectivity index (χ0) is 17.9. The Labute approximate surface area is 155 Å². The van der Waals surface area contributed by atoms with Crippen LogP contribution in [0.1, 0.15) is 37.8 Å². The van der Waals surface area contributed by atoms with Gasteiger partial charge < -0.3 is 19.4 Å². The van der Waals surface area contributed by atoms with Crippen molar-refractivity contribution >= 4 is 17.7 Å². The van der Waals surface area contributed by atoms with Crippen molar-refractivity contribution in [3.8, 4) is 0 Å². The number of rotatable bonds is 3. The minimum atomic E-state index is -0.220. The van der Waals surface area contributed by atoms with E-state index in [9.17, 15) is 4.79 Å². The Morgan fingerprint density at radius 2 is 1.77 bits per heavy atom. The molecule has 3 fully saturated rings. The second-order valence-corrected chi connectivity index (χ2v) is 7.53. The summed E-state index contributed by atoms with van der Waals surface area (Å²) in [5.74, 6) is 2.00. The molecular weight excluding hydrogens is 330 g/mol. The third-order valence-corrected chi connectivity index (χ3v) is 5.59. The zero-order valence-corrected chi connectivity index (χ0v) is 15.7. The van der Waals surface area contributed by atoms with Gasteiger partial charge >= 0.3 is 0 Å². The van der Waals surface area contributed by atoms with Gasteiger partial charge in [-0.1, -0.05) is 0 Å². The molecule has 26 heavy (non-hydrogen) atoms. The summed E-state index contributed by atoms with van der Waals surface area (Å²) < 4.78 is 5.54. The van der Waals surface area contributed by atoms with Gasteiger partial charge in [0.25, 0.3) is 5.91 Å². The lowest BCUT2D eigenvalue weighted by atomic mass is 10.1. The normalized spacial score (nSPS) is 24.2. The summed E-state index contributed by atoms with van der Waals surface area (Å²) in [6.07, 6.45) is 5.42. The Morgan fingerprint density at radius 3 is 2.46 bits per heavy atom. The number of carbonyl (C=O) groups is 1. The quantitative estimate of drug-likeness (QED) is 0.817. The number of piperazine rings is 1. The van der Waals surface area contributed by atoms with Crippen molar-refractivity contribution < 1.29 is 9.53 Å². The van der Waals surface area contributed by atoms with Crippen molar-refractivity contribution in [2.45, 2.75) is 45.1 Å². The maximum absolute atomic E-state index is 12.5. The monoisotopic (exact) mass is 359 g/mol. The van der Waals surface area contributed by atoms with E-state index in [0.29, 0.717) is 6.61 Å². The standard InChI is InChI=1S/C19H29N5O2/c1-15-14-17(22-7-3-2-4-8-22)21-19(20-15)24-11-9-23(10-12-24)18(25)16-6-5-13-26-16/h14,16H,2-13H2,1H3/t16-/m0/s1. The molecule has 0 aromatic carbocycles. The molecule has 0 unspecified atom stereocenters. The Kier molecular flexibility index (Phi) is 5.24. The zero-order valence-electron chi connectivity index (χ0n) is 15.7. The van der Waals surface area contributed by atoms with Crippen LogP contribution in [0.3, 0.4) is 0 Å². The van der Waals surface area contributed by atoms with Gasteiger partial charge in [-0.2, -0.15) is 4.98 Å². The molecule has 4 rings (SSSR count). The number of anilines is 2. The molecule has 0 bridgehead atoms. The Hall–Kier alpha value is -1.89. The number of hydrogen-bond acceptors (Lipinski definition) is 6. The molecule has 4 heterocycles. The molecule has 1 atom stereocenters. The van der Waals surface area contributed by atoms with Crippen molar-refractivity contribution in [1.29, 1.82) is 0 Å². The second-order valence-electron chi connectivity index (χ2n) is 7.53. The number of aryl methyl sites for hydroxylation is 1. The molecule has 0 radical (unpaired) electrons. The number of carbonyl (C=O) groups excluding carboxylic acids is 1. The molecule has 3 aliphatic heterocycles. The first-order valence-electron chi connectivity index (χ1n) is 9.97. The van der Waals surface area contributed by atoms with Crippen LogP contribution < -0.4 is 9.80 Å². The fourth-order valence-corrected chi connectivity index (χ4v) is 4.07. The molecule has 0 saturated carbocycles. The van der Waals surface area contributed by atoms with Crippen molar-refractivity contribution in [3.63, 3.8) is 0 Å². The van der Waals surface area contributed by atoms with E-state index in [1.165, 1.54) is 19.3 Å². The van der Waals surface area contributed by atoms with Crippen molar-refractivity contribution in [1.82, 2.24) is 14.9 Å². The van der Waals surface area contributed by atoms with Crippen LogP contribution in [0, 0.1) is 6.92 Å². The van der Waals surface area contributed by atoms with Gasteiger partial charge in [-0.3, -0.25) is 4.79 Å². The summed E-state index contributed by atoms with van der Waals surface area (Å²) in [6.45, 7) is 7.91. The van der Waals surface area contributed by atoms with Crippen molar-refractivity contribution in [2.24, 2.45) is 0 Å². The SMILES string of the molecule is Cc1cc(N2CCCCC2)nc(N2CCN(C(=O)[C@@H]3CCCO3)CC2)n1. The molecule has 0 N–H and O–H groups in total. The molecule has 1 aromatic rings. The lowest BCUT2D eigenvalue weighted by molar-refractivity contribution is -0.141. The first-order chi connectivity index (χ1) is 12.7. The van der Waals surface area contributed by atoms with Crippen molar-refractivity contribution in [3.05, 3.63) is 11.8 Å². The van der Waals surface area contributed by atoms with E-state index < -0.39 is 0 Å². The molecule has 7 nitrogen and oxygen atoms in total. The largest absolute Gasteiger partial charge is 0.368 e. The third-order valence-electron chi connectivity index (χ3n) is 5.59. The maximum atomic E-state index is 12.5. The molecule has 142 valence electrons. The summed E-state index contributed by atoms with van der Waals surface area (Å²) >= 11 is 0. The Bertz CT molecular complexity index is 633. The lowest BCUT2D eigenvalue weighted by Crippen LogP contribution is -2.52. The molecule has 1 amide bonds. The molecule has 3 aliphatic rings. The molecule has 3 saturated heterocycles. The van der Waals surface area contributed by atoms with Gasteiger partial charge in [0, 0.05) is 57.6 Å². The average molecular weight is 359 g/mol. The van der Waals surface area contributed by atoms with E-state index >= 15 is 0 Å². The fraction of sp³-hybridized carbons (Fsp3) is 0.737.